The first-order valence-electron chi connectivity index (χ1n) is 14.3. The van der Waals surface area contributed by atoms with Crippen LogP contribution in [0.3, 0.4) is 0 Å². The molecule has 4 N–H and O–H groups in total. The van der Waals surface area contributed by atoms with Crippen LogP contribution in [0.5, 0.6) is 0 Å². The molecule has 0 bridgehead atoms. The number of nitrogens with zero attached hydrogens (tertiary/aromatic N) is 1. The lowest BCUT2D eigenvalue weighted by atomic mass is 9.91. The topological polar surface area (TPSA) is 141 Å². The minimum Gasteiger partial charge on any atom is -0.481 e. The van der Waals surface area contributed by atoms with E-state index in [1.54, 1.807) is 0 Å². The van der Waals surface area contributed by atoms with Gasteiger partial charge in [0.1, 0.15) is 18.7 Å². The van der Waals surface area contributed by atoms with Gasteiger partial charge in [0.05, 0.1) is 12.5 Å². The minimum absolute atomic E-state index is 0.0598. The monoisotopic (exact) mass is 580 g/mol. The maximum atomic E-state index is 13.9. The zero-order valence-electron chi connectivity index (χ0n) is 23.4. The van der Waals surface area contributed by atoms with Gasteiger partial charge in [0.15, 0.2) is 0 Å². The number of nitrogens with one attached hydrogen (secondary N) is 3. The lowest BCUT2D eigenvalue weighted by Gasteiger charge is -2.37. The molecule has 3 heterocycles. The lowest BCUT2D eigenvalue weighted by molar-refractivity contribution is -0.142. The molecule has 3 aromatic carbocycles. The van der Waals surface area contributed by atoms with E-state index in [-0.39, 0.29) is 31.8 Å². The highest BCUT2D eigenvalue weighted by Crippen LogP contribution is 2.43. The van der Waals surface area contributed by atoms with Gasteiger partial charge in [-0.2, -0.15) is 0 Å². The van der Waals surface area contributed by atoms with Crippen LogP contribution in [0.15, 0.2) is 84.9 Å². The SMILES string of the molecule is O=C(O)C[C@H](Cc1ccccc1)NC(=O)[C@H]1Cc2c([nH]c3ccccc23)[C@@H]2C[C@@H](NC(=O)OCc3ccccc3)C(=O)N12. The molecule has 10 heteroatoms. The standard InChI is InChI=1S/C33H32N4O6/c38-29(39)16-22(15-20-9-3-1-4-10-20)34-31(40)28-17-24-23-13-7-8-14-25(23)35-30(24)27-18-26(32(41)37(27)28)36-33(42)43-19-21-11-5-2-6-12-21/h1-14,22,26-28,35H,15-19H2,(H,34,40)(H,36,42)(H,38,39)/t22-,26+,27-,28+/m0/s1. The molecule has 2 aliphatic heterocycles. The van der Waals surface area contributed by atoms with Crippen LogP contribution in [0.25, 0.3) is 10.9 Å². The summed E-state index contributed by atoms with van der Waals surface area (Å²) in [6.07, 6.45) is -0.140. The van der Waals surface area contributed by atoms with Gasteiger partial charge in [0, 0.05) is 35.5 Å². The molecule has 4 aromatic rings. The van der Waals surface area contributed by atoms with Crippen LogP contribution in [0.2, 0.25) is 0 Å². The third-order valence-corrected chi connectivity index (χ3v) is 8.16. The summed E-state index contributed by atoms with van der Waals surface area (Å²) < 4.78 is 5.37. The second-order valence-corrected chi connectivity index (χ2v) is 11.0. The molecule has 0 aliphatic carbocycles. The maximum absolute atomic E-state index is 13.9. The van der Waals surface area contributed by atoms with Crippen molar-refractivity contribution in [3.63, 3.8) is 0 Å². The van der Waals surface area contributed by atoms with E-state index in [2.05, 4.69) is 15.6 Å². The molecule has 3 amide bonds. The van der Waals surface area contributed by atoms with Crippen molar-refractivity contribution in [3.8, 4) is 0 Å². The zero-order chi connectivity index (χ0) is 29.9. The number of alkyl carbamates (subject to hydrolysis) is 1. The van der Waals surface area contributed by atoms with E-state index in [4.69, 9.17) is 4.74 Å². The third kappa shape index (κ3) is 5.94. The Balaban J connectivity index is 1.25. The highest BCUT2D eigenvalue weighted by atomic mass is 16.5. The van der Waals surface area contributed by atoms with E-state index < -0.39 is 42.1 Å². The Morgan fingerprint density at radius 2 is 1.63 bits per heavy atom. The molecule has 0 spiro atoms. The number of aromatic nitrogens is 1. The Kier molecular flexibility index (Phi) is 7.83. The number of carboxylic acids is 1. The first kappa shape index (κ1) is 28.0. The van der Waals surface area contributed by atoms with E-state index in [9.17, 15) is 24.3 Å². The number of para-hydroxylation sites is 1. The summed E-state index contributed by atoms with van der Waals surface area (Å²) in [5.41, 5.74) is 4.39. The molecule has 220 valence electrons. The third-order valence-electron chi connectivity index (χ3n) is 8.16. The molecule has 0 unspecified atom stereocenters. The smallest absolute Gasteiger partial charge is 0.408 e. The summed E-state index contributed by atoms with van der Waals surface area (Å²) in [6.45, 7) is 0.0598. The van der Waals surface area contributed by atoms with Gasteiger partial charge in [-0.05, 0) is 29.2 Å². The van der Waals surface area contributed by atoms with Gasteiger partial charge in [-0.25, -0.2) is 4.79 Å². The van der Waals surface area contributed by atoms with Gasteiger partial charge in [0.25, 0.3) is 0 Å². The van der Waals surface area contributed by atoms with Crippen molar-refractivity contribution in [2.24, 2.45) is 0 Å². The number of fused-ring (bicyclic) bond motifs is 5. The molecule has 0 saturated carbocycles. The Hall–Kier alpha value is -5.12. The van der Waals surface area contributed by atoms with Crippen LogP contribution in [-0.4, -0.2) is 57.0 Å². The number of carbonyl (C=O) groups excluding carboxylic acids is 3. The van der Waals surface area contributed by atoms with E-state index in [1.807, 2.05) is 84.9 Å². The summed E-state index contributed by atoms with van der Waals surface area (Å²) in [5.74, 6) is -1.84. The van der Waals surface area contributed by atoms with Crippen molar-refractivity contribution in [3.05, 3.63) is 107 Å². The second-order valence-electron chi connectivity index (χ2n) is 11.0. The van der Waals surface area contributed by atoms with Gasteiger partial charge >= 0.3 is 12.1 Å². The molecular formula is C33H32N4O6. The van der Waals surface area contributed by atoms with Crippen LogP contribution in [0, 0.1) is 0 Å². The number of carbonyl (C=O) groups is 4. The average Bonchev–Trinajstić information content (AvgIpc) is 3.54. The average molecular weight is 581 g/mol. The van der Waals surface area contributed by atoms with Crippen LogP contribution in [0.4, 0.5) is 4.79 Å². The van der Waals surface area contributed by atoms with Crippen molar-refractivity contribution >= 4 is 34.8 Å². The van der Waals surface area contributed by atoms with Crippen molar-refractivity contribution in [2.75, 3.05) is 0 Å². The quantitative estimate of drug-likeness (QED) is 0.237. The fraction of sp³-hybridized carbons (Fsp3) is 0.273. The number of benzene rings is 3. The predicted molar refractivity (Wildman–Crippen MR) is 158 cm³/mol. The summed E-state index contributed by atoms with van der Waals surface area (Å²) in [4.78, 5) is 57.1. The van der Waals surface area contributed by atoms with Gasteiger partial charge in [-0.1, -0.05) is 78.9 Å². The number of rotatable bonds is 9. The fourth-order valence-electron chi connectivity index (χ4n) is 6.24. The van der Waals surface area contributed by atoms with E-state index in [0.717, 1.165) is 33.3 Å². The summed E-state index contributed by atoms with van der Waals surface area (Å²) in [7, 11) is 0. The number of aromatic amines is 1. The molecular weight excluding hydrogens is 548 g/mol. The van der Waals surface area contributed by atoms with Gasteiger partial charge in [0.2, 0.25) is 11.8 Å². The molecule has 0 radical (unpaired) electrons. The normalized spacial score (nSPS) is 19.8. The van der Waals surface area contributed by atoms with E-state index >= 15 is 0 Å². The van der Waals surface area contributed by atoms with Gasteiger partial charge < -0.3 is 30.4 Å². The number of ether oxygens (including phenoxy) is 1. The van der Waals surface area contributed by atoms with Crippen molar-refractivity contribution in [1.29, 1.82) is 0 Å². The summed E-state index contributed by atoms with van der Waals surface area (Å²) >= 11 is 0. The van der Waals surface area contributed by atoms with E-state index in [0.29, 0.717) is 6.42 Å². The first-order chi connectivity index (χ1) is 20.9. The Bertz CT molecular complexity index is 1650. The summed E-state index contributed by atoms with van der Waals surface area (Å²) in [5, 5.41) is 16.2. The molecule has 2 aliphatic rings. The largest absolute Gasteiger partial charge is 0.481 e. The number of H-pyrrole nitrogens is 1. The van der Waals surface area contributed by atoms with Crippen LogP contribution in [0.1, 0.15) is 41.3 Å². The highest BCUT2D eigenvalue weighted by Gasteiger charge is 2.51. The number of carboxylic acid groups (broad SMARTS) is 1. The second kappa shape index (κ2) is 12.0. The molecule has 1 saturated heterocycles. The molecule has 43 heavy (non-hydrogen) atoms. The fourth-order valence-corrected chi connectivity index (χ4v) is 6.24. The lowest BCUT2D eigenvalue weighted by Crippen LogP contribution is -2.55. The molecule has 6 rings (SSSR count). The molecule has 4 atom stereocenters. The van der Waals surface area contributed by atoms with Crippen molar-refractivity contribution < 1.29 is 29.0 Å². The zero-order valence-corrected chi connectivity index (χ0v) is 23.4. The van der Waals surface area contributed by atoms with Gasteiger partial charge in [-0.3, -0.25) is 14.4 Å². The number of hydrogen-bond donors (Lipinski definition) is 4. The number of amides is 3. The maximum Gasteiger partial charge on any atom is 0.408 e. The molecule has 1 fully saturated rings. The van der Waals surface area contributed by atoms with Crippen LogP contribution < -0.4 is 10.6 Å². The molecule has 1 aromatic heterocycles. The first-order valence-corrected chi connectivity index (χ1v) is 14.3. The predicted octanol–water partition coefficient (Wildman–Crippen LogP) is 3.86. The Morgan fingerprint density at radius 3 is 2.35 bits per heavy atom. The highest BCUT2D eigenvalue weighted by molar-refractivity contribution is 5.96. The Labute approximate surface area is 248 Å². The number of hydrogen-bond acceptors (Lipinski definition) is 5. The van der Waals surface area contributed by atoms with Crippen LogP contribution in [-0.2, 0) is 38.6 Å². The van der Waals surface area contributed by atoms with Crippen LogP contribution >= 0.6 is 0 Å². The van der Waals surface area contributed by atoms with Crippen molar-refractivity contribution in [1.82, 2.24) is 20.5 Å². The van der Waals surface area contributed by atoms with Crippen molar-refractivity contribution in [2.45, 2.75) is 56.5 Å². The molecule has 10 nitrogen and oxygen atoms in total. The summed E-state index contributed by atoms with van der Waals surface area (Å²) in [6, 6.07) is 23.4. The van der Waals surface area contributed by atoms with E-state index in [1.165, 1.54) is 4.90 Å². The number of aliphatic carboxylic acids is 1. The minimum atomic E-state index is -1.03. The van der Waals surface area contributed by atoms with Gasteiger partial charge in [-0.15, -0.1) is 0 Å². The Morgan fingerprint density at radius 1 is 0.953 bits per heavy atom.